The average Bonchev–Trinajstić information content (AvgIpc) is 2.27. The normalized spacial score (nSPS) is 18.9. The number of nitrogens with zero attached hydrogens (tertiary/aromatic N) is 2. The summed E-state index contributed by atoms with van der Waals surface area (Å²) in [6.07, 6.45) is 1.89. The maximum absolute atomic E-state index is 12.3. The van der Waals surface area contributed by atoms with E-state index in [1.165, 1.54) is 0 Å². The van der Waals surface area contributed by atoms with E-state index < -0.39 is 5.60 Å². The molecule has 0 aromatic heterocycles. The number of hydrogen-bond acceptors (Lipinski definition) is 3. The molecule has 0 saturated carbocycles. The van der Waals surface area contributed by atoms with Gasteiger partial charge in [0.05, 0.1) is 0 Å². The maximum atomic E-state index is 12.3. The third-order valence-electron chi connectivity index (χ3n) is 3.82. The lowest BCUT2D eigenvalue weighted by Gasteiger charge is -2.43. The lowest BCUT2D eigenvalue weighted by Crippen LogP contribution is -2.52. The van der Waals surface area contributed by atoms with Crippen molar-refractivity contribution < 1.29 is 9.53 Å². The molecule has 0 spiro atoms. The summed E-state index contributed by atoms with van der Waals surface area (Å²) in [7, 11) is 0. The Morgan fingerprint density at radius 1 is 1.15 bits per heavy atom. The highest BCUT2D eigenvalue weighted by atomic mass is 16.6. The van der Waals surface area contributed by atoms with Crippen LogP contribution in [-0.2, 0) is 4.74 Å². The number of amides is 1. The molecule has 4 heteroatoms. The van der Waals surface area contributed by atoms with E-state index in [2.05, 4.69) is 25.7 Å². The zero-order valence-corrected chi connectivity index (χ0v) is 14.3. The molecule has 118 valence electrons. The summed E-state index contributed by atoms with van der Waals surface area (Å²) >= 11 is 0. The van der Waals surface area contributed by atoms with Crippen LogP contribution in [0.5, 0.6) is 0 Å². The standard InChI is InChI=1S/C16H32N2O2/c1-8-18(14(19)20-16(5,6)7)13-9-11-17(12-10-13)15(2,3)4/h13H,8-12H2,1-7H3. The van der Waals surface area contributed by atoms with Crippen LogP contribution < -0.4 is 0 Å². The Labute approximate surface area is 124 Å². The van der Waals surface area contributed by atoms with E-state index in [-0.39, 0.29) is 11.6 Å². The quantitative estimate of drug-likeness (QED) is 0.778. The Balaban J connectivity index is 2.59. The van der Waals surface area contributed by atoms with Gasteiger partial charge in [0, 0.05) is 31.2 Å². The largest absolute Gasteiger partial charge is 0.444 e. The average molecular weight is 284 g/mol. The van der Waals surface area contributed by atoms with Gasteiger partial charge in [0.25, 0.3) is 0 Å². The van der Waals surface area contributed by atoms with Gasteiger partial charge in [-0.05, 0) is 61.3 Å². The molecular weight excluding hydrogens is 252 g/mol. The van der Waals surface area contributed by atoms with Gasteiger partial charge < -0.3 is 9.64 Å². The molecule has 0 aromatic rings. The Bertz CT molecular complexity index is 320. The minimum Gasteiger partial charge on any atom is -0.444 e. The van der Waals surface area contributed by atoms with Crippen molar-refractivity contribution in [2.75, 3.05) is 19.6 Å². The summed E-state index contributed by atoms with van der Waals surface area (Å²) in [5, 5.41) is 0. The number of ether oxygens (including phenoxy) is 1. The zero-order valence-electron chi connectivity index (χ0n) is 14.3. The highest BCUT2D eigenvalue weighted by Crippen LogP contribution is 2.24. The first-order valence-corrected chi connectivity index (χ1v) is 7.79. The van der Waals surface area contributed by atoms with Crippen LogP contribution >= 0.6 is 0 Å². The molecule has 1 saturated heterocycles. The van der Waals surface area contributed by atoms with Crippen LogP contribution in [0.3, 0.4) is 0 Å². The van der Waals surface area contributed by atoms with Crippen LogP contribution in [0.4, 0.5) is 4.79 Å². The van der Waals surface area contributed by atoms with E-state index in [9.17, 15) is 4.79 Å². The Hall–Kier alpha value is -0.770. The molecule has 1 fully saturated rings. The van der Waals surface area contributed by atoms with Crippen molar-refractivity contribution in [3.8, 4) is 0 Å². The molecule has 1 heterocycles. The van der Waals surface area contributed by atoms with Gasteiger partial charge in [-0.1, -0.05) is 0 Å². The van der Waals surface area contributed by atoms with Gasteiger partial charge in [-0.2, -0.15) is 0 Å². The third-order valence-corrected chi connectivity index (χ3v) is 3.82. The summed E-state index contributed by atoms with van der Waals surface area (Å²) in [6, 6.07) is 0.313. The molecule has 0 aromatic carbocycles. The molecule has 1 aliphatic heterocycles. The summed E-state index contributed by atoms with van der Waals surface area (Å²) in [4.78, 5) is 16.6. The number of hydrogen-bond donors (Lipinski definition) is 0. The second kappa shape index (κ2) is 6.33. The summed E-state index contributed by atoms with van der Waals surface area (Å²) in [5.41, 5.74) is -0.204. The molecule has 0 atom stereocenters. The minimum absolute atomic E-state index is 0.172. The molecule has 1 rings (SSSR count). The highest BCUT2D eigenvalue weighted by Gasteiger charge is 2.32. The van der Waals surface area contributed by atoms with Gasteiger partial charge in [0.2, 0.25) is 0 Å². The highest BCUT2D eigenvalue weighted by molar-refractivity contribution is 5.68. The second-order valence-corrected chi connectivity index (χ2v) is 7.66. The van der Waals surface area contributed by atoms with E-state index in [4.69, 9.17) is 4.74 Å². The van der Waals surface area contributed by atoms with E-state index in [1.54, 1.807) is 0 Å². The molecule has 20 heavy (non-hydrogen) atoms. The first-order valence-electron chi connectivity index (χ1n) is 7.79. The Morgan fingerprint density at radius 2 is 1.65 bits per heavy atom. The van der Waals surface area contributed by atoms with Crippen LogP contribution in [0.15, 0.2) is 0 Å². The van der Waals surface area contributed by atoms with E-state index in [1.807, 2.05) is 32.6 Å². The van der Waals surface area contributed by atoms with E-state index in [0.717, 1.165) is 32.5 Å². The van der Waals surface area contributed by atoms with Gasteiger partial charge in [0.15, 0.2) is 0 Å². The molecule has 0 bridgehead atoms. The van der Waals surface area contributed by atoms with Gasteiger partial charge in [-0.3, -0.25) is 4.90 Å². The summed E-state index contributed by atoms with van der Waals surface area (Å²) < 4.78 is 5.51. The summed E-state index contributed by atoms with van der Waals surface area (Å²) in [6.45, 7) is 17.3. The SMILES string of the molecule is CCN(C(=O)OC(C)(C)C)C1CCN(C(C)(C)C)CC1. The van der Waals surface area contributed by atoms with Gasteiger partial charge in [0.1, 0.15) is 5.60 Å². The predicted octanol–water partition coefficient (Wildman–Crippen LogP) is 3.51. The Morgan fingerprint density at radius 3 is 2.00 bits per heavy atom. The van der Waals surface area contributed by atoms with Crippen molar-refractivity contribution in [3.63, 3.8) is 0 Å². The van der Waals surface area contributed by atoms with E-state index >= 15 is 0 Å². The molecule has 1 aliphatic rings. The van der Waals surface area contributed by atoms with Crippen molar-refractivity contribution in [1.82, 2.24) is 9.80 Å². The lowest BCUT2D eigenvalue weighted by atomic mass is 9.97. The van der Waals surface area contributed by atoms with Crippen molar-refractivity contribution in [2.45, 2.75) is 78.5 Å². The number of carbonyl (C=O) groups excluding carboxylic acids is 1. The monoisotopic (exact) mass is 284 g/mol. The first-order chi connectivity index (χ1) is 9.04. The molecule has 4 nitrogen and oxygen atoms in total. The first kappa shape index (κ1) is 17.3. The van der Waals surface area contributed by atoms with Gasteiger partial charge >= 0.3 is 6.09 Å². The van der Waals surface area contributed by atoms with Crippen LogP contribution in [0.25, 0.3) is 0 Å². The molecule has 0 aliphatic carbocycles. The summed E-state index contributed by atoms with van der Waals surface area (Å²) in [5.74, 6) is 0. The molecular formula is C16H32N2O2. The smallest absolute Gasteiger partial charge is 0.410 e. The zero-order chi connectivity index (χ0) is 15.6. The fourth-order valence-electron chi connectivity index (χ4n) is 2.71. The van der Waals surface area contributed by atoms with Gasteiger partial charge in [-0.15, -0.1) is 0 Å². The second-order valence-electron chi connectivity index (χ2n) is 7.66. The molecule has 1 amide bonds. The fraction of sp³-hybridized carbons (Fsp3) is 0.938. The molecule has 0 N–H and O–H groups in total. The van der Waals surface area contributed by atoms with Crippen LogP contribution in [0, 0.1) is 0 Å². The fourth-order valence-corrected chi connectivity index (χ4v) is 2.71. The van der Waals surface area contributed by atoms with E-state index in [0.29, 0.717) is 6.04 Å². The van der Waals surface area contributed by atoms with Crippen LogP contribution in [0.1, 0.15) is 61.3 Å². The van der Waals surface area contributed by atoms with Crippen LogP contribution in [0.2, 0.25) is 0 Å². The van der Waals surface area contributed by atoms with Crippen molar-refractivity contribution in [2.24, 2.45) is 0 Å². The minimum atomic E-state index is -0.420. The van der Waals surface area contributed by atoms with Crippen molar-refractivity contribution >= 4 is 6.09 Å². The number of carbonyl (C=O) groups is 1. The topological polar surface area (TPSA) is 32.8 Å². The number of likely N-dealkylation sites (tertiary alicyclic amines) is 1. The predicted molar refractivity (Wildman–Crippen MR) is 83.0 cm³/mol. The third kappa shape index (κ3) is 4.97. The lowest BCUT2D eigenvalue weighted by molar-refractivity contribution is 0.00370. The van der Waals surface area contributed by atoms with Gasteiger partial charge in [-0.25, -0.2) is 4.79 Å². The number of piperidine rings is 1. The Kier molecular flexibility index (Phi) is 5.47. The molecule has 0 unspecified atom stereocenters. The van der Waals surface area contributed by atoms with Crippen LogP contribution in [-0.4, -0.2) is 52.7 Å². The van der Waals surface area contributed by atoms with Crippen molar-refractivity contribution in [3.05, 3.63) is 0 Å². The van der Waals surface area contributed by atoms with Crippen molar-refractivity contribution in [1.29, 1.82) is 0 Å². The molecule has 0 radical (unpaired) electrons. The maximum Gasteiger partial charge on any atom is 0.410 e. The number of rotatable bonds is 2.